The SMILES string of the molecule is Fc1ccc(NCc2ccccc2C(F)(F)F)cc1Br. The number of rotatable bonds is 3. The van der Waals surface area contributed by atoms with Crippen LogP contribution in [-0.2, 0) is 12.7 Å². The third kappa shape index (κ3) is 3.50. The minimum atomic E-state index is -4.39. The lowest BCUT2D eigenvalue weighted by molar-refractivity contribution is -0.138. The highest BCUT2D eigenvalue weighted by molar-refractivity contribution is 9.10. The molecule has 20 heavy (non-hydrogen) atoms. The van der Waals surface area contributed by atoms with Crippen molar-refractivity contribution in [2.24, 2.45) is 0 Å². The Hall–Kier alpha value is -1.56. The van der Waals surface area contributed by atoms with Gasteiger partial charge in [-0.15, -0.1) is 0 Å². The minimum Gasteiger partial charge on any atom is -0.381 e. The van der Waals surface area contributed by atoms with E-state index in [0.717, 1.165) is 6.07 Å². The quantitative estimate of drug-likeness (QED) is 0.750. The van der Waals surface area contributed by atoms with Gasteiger partial charge in [-0.05, 0) is 45.8 Å². The van der Waals surface area contributed by atoms with Crippen molar-refractivity contribution in [1.82, 2.24) is 0 Å². The number of alkyl halides is 3. The molecule has 2 aromatic rings. The van der Waals surface area contributed by atoms with Crippen molar-refractivity contribution in [1.29, 1.82) is 0 Å². The molecule has 0 bridgehead atoms. The van der Waals surface area contributed by atoms with Crippen molar-refractivity contribution in [3.63, 3.8) is 0 Å². The molecule has 0 amide bonds. The van der Waals surface area contributed by atoms with Gasteiger partial charge in [0.15, 0.2) is 0 Å². The smallest absolute Gasteiger partial charge is 0.381 e. The number of anilines is 1. The molecular formula is C14H10BrF4N. The van der Waals surface area contributed by atoms with Gasteiger partial charge in [0.1, 0.15) is 5.82 Å². The van der Waals surface area contributed by atoms with Gasteiger partial charge in [-0.25, -0.2) is 4.39 Å². The van der Waals surface area contributed by atoms with E-state index >= 15 is 0 Å². The second-order valence-electron chi connectivity index (χ2n) is 4.14. The van der Waals surface area contributed by atoms with Crippen molar-refractivity contribution in [3.05, 3.63) is 63.9 Å². The molecule has 0 aliphatic carbocycles. The number of nitrogens with one attached hydrogen (secondary N) is 1. The summed E-state index contributed by atoms with van der Waals surface area (Å²) in [5.74, 6) is -0.425. The van der Waals surface area contributed by atoms with E-state index in [0.29, 0.717) is 5.69 Å². The number of hydrogen-bond acceptors (Lipinski definition) is 1. The molecule has 0 unspecified atom stereocenters. The van der Waals surface area contributed by atoms with Crippen LogP contribution in [-0.4, -0.2) is 0 Å². The Morgan fingerprint density at radius 1 is 1.05 bits per heavy atom. The maximum atomic E-state index is 13.1. The predicted molar refractivity (Wildman–Crippen MR) is 72.9 cm³/mol. The molecule has 2 rings (SSSR count). The summed E-state index contributed by atoms with van der Waals surface area (Å²) in [6.07, 6.45) is -4.39. The van der Waals surface area contributed by atoms with E-state index in [-0.39, 0.29) is 16.6 Å². The molecule has 106 valence electrons. The lowest BCUT2D eigenvalue weighted by atomic mass is 10.1. The van der Waals surface area contributed by atoms with Crippen molar-refractivity contribution >= 4 is 21.6 Å². The third-order valence-electron chi connectivity index (χ3n) is 2.73. The van der Waals surface area contributed by atoms with Gasteiger partial charge < -0.3 is 5.32 Å². The summed E-state index contributed by atoms with van der Waals surface area (Å²) < 4.78 is 51.7. The standard InChI is InChI=1S/C14H10BrF4N/c15-12-7-10(5-6-13(12)16)20-8-9-3-1-2-4-11(9)14(17,18)19/h1-7,20H,8H2. The molecule has 1 N–H and O–H groups in total. The van der Waals surface area contributed by atoms with Crippen molar-refractivity contribution in [2.45, 2.75) is 12.7 Å². The summed E-state index contributed by atoms with van der Waals surface area (Å²) >= 11 is 3.02. The second-order valence-corrected chi connectivity index (χ2v) is 4.99. The molecule has 0 atom stereocenters. The average Bonchev–Trinajstić information content (AvgIpc) is 2.39. The monoisotopic (exact) mass is 347 g/mol. The molecule has 0 radical (unpaired) electrons. The molecule has 0 saturated heterocycles. The highest BCUT2D eigenvalue weighted by atomic mass is 79.9. The van der Waals surface area contributed by atoms with Gasteiger partial charge in [-0.1, -0.05) is 18.2 Å². The molecular weight excluding hydrogens is 338 g/mol. The van der Waals surface area contributed by atoms with Crippen LogP contribution in [0, 0.1) is 5.82 Å². The maximum absolute atomic E-state index is 13.1. The first-order chi connectivity index (χ1) is 9.38. The van der Waals surface area contributed by atoms with Crippen LogP contribution in [0.5, 0.6) is 0 Å². The number of benzene rings is 2. The largest absolute Gasteiger partial charge is 0.416 e. The van der Waals surface area contributed by atoms with Crippen molar-refractivity contribution in [2.75, 3.05) is 5.32 Å². The molecule has 2 aromatic carbocycles. The fraction of sp³-hybridized carbons (Fsp3) is 0.143. The van der Waals surface area contributed by atoms with Crippen LogP contribution >= 0.6 is 15.9 Å². The normalized spacial score (nSPS) is 11.4. The first-order valence-electron chi connectivity index (χ1n) is 5.72. The molecule has 0 saturated carbocycles. The summed E-state index contributed by atoms with van der Waals surface area (Å²) in [5.41, 5.74) is 0.00405. The molecule has 6 heteroatoms. The van der Waals surface area contributed by atoms with E-state index in [1.54, 1.807) is 6.07 Å². The fourth-order valence-electron chi connectivity index (χ4n) is 1.75. The maximum Gasteiger partial charge on any atom is 0.416 e. The molecule has 1 nitrogen and oxygen atoms in total. The van der Waals surface area contributed by atoms with E-state index in [1.807, 2.05) is 0 Å². The molecule has 0 aliphatic heterocycles. The number of halogens is 5. The topological polar surface area (TPSA) is 12.0 Å². The van der Waals surface area contributed by atoms with Gasteiger partial charge in [-0.2, -0.15) is 13.2 Å². The molecule has 0 fully saturated rings. The van der Waals surface area contributed by atoms with Crippen LogP contribution in [0.4, 0.5) is 23.2 Å². The Kier molecular flexibility index (Phi) is 4.32. The van der Waals surface area contributed by atoms with E-state index in [1.165, 1.54) is 30.3 Å². The average molecular weight is 348 g/mol. The lowest BCUT2D eigenvalue weighted by Gasteiger charge is -2.14. The first kappa shape index (κ1) is 14.8. The Morgan fingerprint density at radius 2 is 1.75 bits per heavy atom. The minimum absolute atomic E-state index is 0.00769. The molecule has 0 aromatic heterocycles. The van der Waals surface area contributed by atoms with Crippen LogP contribution in [0.1, 0.15) is 11.1 Å². The zero-order valence-electron chi connectivity index (χ0n) is 10.1. The van der Waals surface area contributed by atoms with Gasteiger partial charge in [0, 0.05) is 12.2 Å². The number of hydrogen-bond donors (Lipinski definition) is 1. The van der Waals surface area contributed by atoms with E-state index in [4.69, 9.17) is 0 Å². The van der Waals surface area contributed by atoms with Gasteiger partial charge in [0.05, 0.1) is 10.0 Å². The van der Waals surface area contributed by atoms with Crippen LogP contribution in [0.2, 0.25) is 0 Å². The van der Waals surface area contributed by atoms with Crippen LogP contribution in [0.25, 0.3) is 0 Å². The summed E-state index contributed by atoms with van der Waals surface area (Å²) in [6, 6.07) is 9.53. The van der Waals surface area contributed by atoms with Gasteiger partial charge in [0.2, 0.25) is 0 Å². The van der Waals surface area contributed by atoms with Crippen molar-refractivity contribution < 1.29 is 17.6 Å². The summed E-state index contributed by atoms with van der Waals surface area (Å²) in [5, 5.41) is 2.84. The molecule has 0 spiro atoms. The van der Waals surface area contributed by atoms with E-state index < -0.39 is 17.6 Å². The molecule has 0 aliphatic rings. The Balaban J connectivity index is 2.17. The van der Waals surface area contributed by atoms with Crippen molar-refractivity contribution in [3.8, 4) is 0 Å². The van der Waals surface area contributed by atoms with E-state index in [9.17, 15) is 17.6 Å². The summed E-state index contributed by atoms with van der Waals surface area (Å²) in [4.78, 5) is 0. The highest BCUT2D eigenvalue weighted by Crippen LogP contribution is 2.32. The Morgan fingerprint density at radius 3 is 2.40 bits per heavy atom. The van der Waals surface area contributed by atoms with Crippen LogP contribution in [0.15, 0.2) is 46.9 Å². The van der Waals surface area contributed by atoms with E-state index in [2.05, 4.69) is 21.2 Å². The second kappa shape index (κ2) is 5.83. The zero-order valence-corrected chi connectivity index (χ0v) is 11.7. The Labute approximate surface area is 121 Å². The Bertz CT molecular complexity index is 610. The summed E-state index contributed by atoms with van der Waals surface area (Å²) in [7, 11) is 0. The highest BCUT2D eigenvalue weighted by Gasteiger charge is 2.32. The van der Waals surface area contributed by atoms with Crippen LogP contribution in [0.3, 0.4) is 0 Å². The third-order valence-corrected chi connectivity index (χ3v) is 3.33. The first-order valence-corrected chi connectivity index (χ1v) is 6.51. The predicted octanol–water partition coefficient (Wildman–Crippen LogP) is 5.22. The molecule has 0 heterocycles. The van der Waals surface area contributed by atoms with Crippen LogP contribution < -0.4 is 5.32 Å². The fourth-order valence-corrected chi connectivity index (χ4v) is 2.13. The van der Waals surface area contributed by atoms with Gasteiger partial charge >= 0.3 is 6.18 Å². The lowest BCUT2D eigenvalue weighted by Crippen LogP contribution is -2.11. The summed E-state index contributed by atoms with van der Waals surface area (Å²) in [6.45, 7) is 0.00769. The van der Waals surface area contributed by atoms with Gasteiger partial charge in [-0.3, -0.25) is 0 Å². The zero-order chi connectivity index (χ0) is 14.8. The van der Waals surface area contributed by atoms with Gasteiger partial charge in [0.25, 0.3) is 0 Å².